The summed E-state index contributed by atoms with van der Waals surface area (Å²) in [5.74, 6) is -2.61. The van der Waals surface area contributed by atoms with Gasteiger partial charge in [-0.2, -0.15) is 0 Å². The predicted molar refractivity (Wildman–Crippen MR) is 72.1 cm³/mol. The zero-order chi connectivity index (χ0) is 15.3. The van der Waals surface area contributed by atoms with Gasteiger partial charge in [0.05, 0.1) is 11.1 Å². The van der Waals surface area contributed by atoms with Crippen LogP contribution in [-0.4, -0.2) is 34.6 Å². The smallest absolute Gasteiger partial charge is 0.264 e. The van der Waals surface area contributed by atoms with E-state index in [1.807, 2.05) is 0 Å². The summed E-state index contributed by atoms with van der Waals surface area (Å²) in [6, 6.07) is 3.62. The average Bonchev–Trinajstić information content (AvgIpc) is 2.64. The van der Waals surface area contributed by atoms with Crippen LogP contribution >= 0.6 is 0 Å². The maximum Gasteiger partial charge on any atom is 0.264 e. The van der Waals surface area contributed by atoms with E-state index in [-0.39, 0.29) is 23.2 Å². The summed E-state index contributed by atoms with van der Waals surface area (Å²) in [7, 11) is 0. The Morgan fingerprint density at radius 1 is 1.19 bits per heavy atom. The molecule has 2 unspecified atom stereocenters. The number of anilines is 1. The standard InChI is InChI=1S/C14H13N3O4/c1-6-5-9(18)16-12(19)11(6)17-13(20)7-3-2-4-8(15)10(7)14(17)21/h2-4,6,11H,5,15H2,1H3,(H,16,18,19). The minimum Gasteiger partial charge on any atom is -0.398 e. The molecule has 2 aliphatic rings. The van der Waals surface area contributed by atoms with Crippen molar-refractivity contribution in [2.24, 2.45) is 5.92 Å². The lowest BCUT2D eigenvalue weighted by Crippen LogP contribution is -2.58. The van der Waals surface area contributed by atoms with Crippen LogP contribution < -0.4 is 11.1 Å². The van der Waals surface area contributed by atoms with Gasteiger partial charge in [0.15, 0.2) is 0 Å². The molecular formula is C14H13N3O4. The Labute approximate surface area is 120 Å². The summed E-state index contributed by atoms with van der Waals surface area (Å²) in [6.07, 6.45) is 0.0826. The van der Waals surface area contributed by atoms with E-state index in [4.69, 9.17) is 5.73 Å². The quantitative estimate of drug-likeness (QED) is 0.554. The number of nitrogens with zero attached hydrogens (tertiary/aromatic N) is 1. The fourth-order valence-corrected chi connectivity index (χ4v) is 2.88. The first-order valence-corrected chi connectivity index (χ1v) is 6.52. The monoisotopic (exact) mass is 287 g/mol. The Bertz CT molecular complexity index is 697. The number of fused-ring (bicyclic) bond motifs is 1. The summed E-state index contributed by atoms with van der Waals surface area (Å²) in [5, 5.41) is 2.16. The Hall–Kier alpha value is -2.70. The van der Waals surface area contributed by atoms with Crippen molar-refractivity contribution in [3.8, 4) is 0 Å². The molecule has 0 bridgehead atoms. The molecule has 1 aromatic carbocycles. The fourth-order valence-electron chi connectivity index (χ4n) is 2.88. The van der Waals surface area contributed by atoms with Gasteiger partial charge in [-0.05, 0) is 18.1 Å². The van der Waals surface area contributed by atoms with Gasteiger partial charge in [0.1, 0.15) is 6.04 Å². The molecule has 7 nitrogen and oxygen atoms in total. The molecule has 2 atom stereocenters. The van der Waals surface area contributed by atoms with Gasteiger partial charge in [-0.25, -0.2) is 0 Å². The van der Waals surface area contributed by atoms with E-state index >= 15 is 0 Å². The van der Waals surface area contributed by atoms with Gasteiger partial charge >= 0.3 is 0 Å². The minimum absolute atomic E-state index is 0.0826. The van der Waals surface area contributed by atoms with Crippen molar-refractivity contribution in [2.75, 3.05) is 5.73 Å². The number of amides is 4. The third-order valence-electron chi connectivity index (χ3n) is 3.83. The molecule has 0 saturated carbocycles. The summed E-state index contributed by atoms with van der Waals surface area (Å²) in [6.45, 7) is 1.66. The van der Waals surface area contributed by atoms with E-state index in [1.54, 1.807) is 13.0 Å². The first kappa shape index (κ1) is 13.3. The number of nitrogens with one attached hydrogen (secondary N) is 1. The molecule has 0 aliphatic carbocycles. The fraction of sp³-hybridized carbons (Fsp3) is 0.286. The van der Waals surface area contributed by atoms with Gasteiger partial charge in [-0.3, -0.25) is 29.4 Å². The number of nitrogen functional groups attached to an aromatic ring is 1. The molecule has 0 radical (unpaired) electrons. The number of rotatable bonds is 1. The highest BCUT2D eigenvalue weighted by Gasteiger charge is 2.48. The maximum absolute atomic E-state index is 12.5. The van der Waals surface area contributed by atoms with Crippen molar-refractivity contribution in [1.29, 1.82) is 0 Å². The van der Waals surface area contributed by atoms with Gasteiger partial charge in [0.25, 0.3) is 11.8 Å². The highest BCUT2D eigenvalue weighted by Crippen LogP contribution is 2.32. The van der Waals surface area contributed by atoms with E-state index in [1.165, 1.54) is 12.1 Å². The molecule has 2 heterocycles. The van der Waals surface area contributed by atoms with Crippen LogP contribution in [0.3, 0.4) is 0 Å². The van der Waals surface area contributed by atoms with Crippen molar-refractivity contribution in [2.45, 2.75) is 19.4 Å². The molecule has 108 valence electrons. The van der Waals surface area contributed by atoms with Crippen LogP contribution in [0.2, 0.25) is 0 Å². The third-order valence-corrected chi connectivity index (χ3v) is 3.83. The van der Waals surface area contributed by atoms with E-state index in [2.05, 4.69) is 5.32 Å². The predicted octanol–water partition coefficient (Wildman–Crippen LogP) is -0.0840. The normalized spacial score (nSPS) is 25.1. The van der Waals surface area contributed by atoms with Crippen LogP contribution in [0.1, 0.15) is 34.1 Å². The Kier molecular flexibility index (Phi) is 2.79. The molecular weight excluding hydrogens is 274 g/mol. The SMILES string of the molecule is CC1CC(=O)NC(=O)C1N1C(=O)c2cccc(N)c2C1=O. The first-order valence-electron chi connectivity index (χ1n) is 6.52. The molecule has 3 N–H and O–H groups in total. The van der Waals surface area contributed by atoms with Crippen molar-refractivity contribution >= 4 is 29.3 Å². The number of piperidine rings is 1. The number of hydrogen-bond acceptors (Lipinski definition) is 5. The van der Waals surface area contributed by atoms with Crippen LogP contribution in [0, 0.1) is 5.92 Å². The average molecular weight is 287 g/mol. The zero-order valence-corrected chi connectivity index (χ0v) is 11.3. The van der Waals surface area contributed by atoms with Gasteiger partial charge in [-0.15, -0.1) is 0 Å². The molecule has 2 aliphatic heterocycles. The number of benzene rings is 1. The molecule has 1 fully saturated rings. The van der Waals surface area contributed by atoms with Crippen LogP contribution in [0.5, 0.6) is 0 Å². The molecule has 1 aromatic rings. The second kappa shape index (κ2) is 4.41. The van der Waals surface area contributed by atoms with E-state index in [0.717, 1.165) is 4.90 Å². The van der Waals surface area contributed by atoms with E-state index in [9.17, 15) is 19.2 Å². The molecule has 0 spiro atoms. The highest BCUT2D eigenvalue weighted by atomic mass is 16.2. The molecule has 3 rings (SSSR count). The number of hydrogen-bond donors (Lipinski definition) is 2. The zero-order valence-electron chi connectivity index (χ0n) is 11.3. The number of carbonyl (C=O) groups is 4. The van der Waals surface area contributed by atoms with Crippen molar-refractivity contribution in [1.82, 2.24) is 10.2 Å². The molecule has 21 heavy (non-hydrogen) atoms. The number of imide groups is 2. The van der Waals surface area contributed by atoms with E-state index < -0.39 is 35.6 Å². The number of carbonyl (C=O) groups excluding carboxylic acids is 4. The summed E-state index contributed by atoms with van der Waals surface area (Å²) in [5.41, 5.74) is 6.27. The summed E-state index contributed by atoms with van der Waals surface area (Å²) in [4.78, 5) is 49.1. The van der Waals surface area contributed by atoms with Gasteiger partial charge in [-0.1, -0.05) is 13.0 Å². The Balaban J connectivity index is 2.04. The molecule has 0 aromatic heterocycles. The van der Waals surface area contributed by atoms with Crippen molar-refractivity contribution < 1.29 is 19.2 Å². The molecule has 4 amide bonds. The largest absolute Gasteiger partial charge is 0.398 e. The second-order valence-corrected chi connectivity index (χ2v) is 5.29. The third kappa shape index (κ3) is 1.81. The highest BCUT2D eigenvalue weighted by molar-refractivity contribution is 6.25. The van der Waals surface area contributed by atoms with Crippen molar-refractivity contribution in [3.63, 3.8) is 0 Å². The maximum atomic E-state index is 12.5. The second-order valence-electron chi connectivity index (χ2n) is 5.29. The Morgan fingerprint density at radius 2 is 1.90 bits per heavy atom. The van der Waals surface area contributed by atoms with E-state index in [0.29, 0.717) is 0 Å². The van der Waals surface area contributed by atoms with Gasteiger partial charge in [0.2, 0.25) is 11.8 Å². The number of nitrogens with two attached hydrogens (primary N) is 1. The Morgan fingerprint density at radius 3 is 2.52 bits per heavy atom. The lowest BCUT2D eigenvalue weighted by molar-refractivity contribution is -0.138. The molecule has 7 heteroatoms. The summed E-state index contributed by atoms with van der Waals surface area (Å²) >= 11 is 0. The van der Waals surface area contributed by atoms with Crippen LogP contribution in [0.15, 0.2) is 18.2 Å². The van der Waals surface area contributed by atoms with Crippen molar-refractivity contribution in [3.05, 3.63) is 29.3 Å². The van der Waals surface area contributed by atoms with Gasteiger partial charge < -0.3 is 5.73 Å². The van der Waals surface area contributed by atoms with Crippen LogP contribution in [0.4, 0.5) is 5.69 Å². The lowest BCUT2D eigenvalue weighted by atomic mass is 9.92. The van der Waals surface area contributed by atoms with Crippen LogP contribution in [-0.2, 0) is 9.59 Å². The van der Waals surface area contributed by atoms with Crippen LogP contribution in [0.25, 0.3) is 0 Å². The minimum atomic E-state index is -0.991. The topological polar surface area (TPSA) is 110 Å². The molecule has 1 saturated heterocycles. The lowest BCUT2D eigenvalue weighted by Gasteiger charge is -2.32. The van der Waals surface area contributed by atoms with Gasteiger partial charge in [0, 0.05) is 12.1 Å². The first-order chi connectivity index (χ1) is 9.91. The summed E-state index contributed by atoms with van der Waals surface area (Å²) < 4.78 is 0.